The first-order valence-electron chi connectivity index (χ1n) is 5.10. The van der Waals surface area contributed by atoms with Crippen LogP contribution < -0.4 is 4.90 Å². The smallest absolute Gasteiger partial charge is 0.128 e. The molecule has 2 aliphatic heterocycles. The fourth-order valence-electron chi connectivity index (χ4n) is 2.16. The van der Waals surface area contributed by atoms with Gasteiger partial charge in [-0.3, -0.25) is 0 Å². The standard InChI is InChI=1S/C11H14N2O/c1-9-3-2-4-10(12-9)13-7-11(8-13)5-6-14-11/h2-4H,5-8H2,1H3. The van der Waals surface area contributed by atoms with E-state index in [1.165, 1.54) is 6.42 Å². The largest absolute Gasteiger partial charge is 0.371 e. The Morgan fingerprint density at radius 1 is 1.43 bits per heavy atom. The monoisotopic (exact) mass is 190 g/mol. The van der Waals surface area contributed by atoms with Crippen LogP contribution in [0.5, 0.6) is 0 Å². The van der Waals surface area contributed by atoms with Crippen molar-refractivity contribution in [1.82, 2.24) is 4.98 Å². The molecular weight excluding hydrogens is 176 g/mol. The molecule has 0 radical (unpaired) electrons. The van der Waals surface area contributed by atoms with Gasteiger partial charge >= 0.3 is 0 Å². The zero-order valence-electron chi connectivity index (χ0n) is 8.36. The van der Waals surface area contributed by atoms with Gasteiger partial charge in [-0.25, -0.2) is 4.98 Å². The van der Waals surface area contributed by atoms with E-state index >= 15 is 0 Å². The summed E-state index contributed by atoms with van der Waals surface area (Å²) < 4.78 is 5.57. The van der Waals surface area contributed by atoms with Crippen LogP contribution >= 0.6 is 0 Å². The van der Waals surface area contributed by atoms with Gasteiger partial charge in [0, 0.05) is 12.1 Å². The van der Waals surface area contributed by atoms with Gasteiger partial charge in [0.25, 0.3) is 0 Å². The van der Waals surface area contributed by atoms with Crippen LogP contribution in [0, 0.1) is 6.92 Å². The third kappa shape index (κ3) is 1.12. The number of ether oxygens (including phenoxy) is 1. The highest BCUT2D eigenvalue weighted by Gasteiger charge is 2.49. The van der Waals surface area contributed by atoms with Gasteiger partial charge in [0.2, 0.25) is 0 Å². The molecular formula is C11H14N2O. The zero-order chi connectivity index (χ0) is 9.60. The molecule has 3 heteroatoms. The van der Waals surface area contributed by atoms with E-state index in [2.05, 4.69) is 22.0 Å². The lowest BCUT2D eigenvalue weighted by atomic mass is 9.86. The van der Waals surface area contributed by atoms with E-state index < -0.39 is 0 Å². The molecule has 1 spiro atoms. The Morgan fingerprint density at radius 2 is 2.21 bits per heavy atom. The summed E-state index contributed by atoms with van der Waals surface area (Å²) >= 11 is 0. The van der Waals surface area contributed by atoms with Crippen LogP contribution in [0.1, 0.15) is 12.1 Å². The van der Waals surface area contributed by atoms with E-state index in [-0.39, 0.29) is 5.60 Å². The van der Waals surface area contributed by atoms with E-state index in [4.69, 9.17) is 4.74 Å². The molecule has 0 bridgehead atoms. The maximum absolute atomic E-state index is 5.57. The quantitative estimate of drug-likeness (QED) is 0.668. The average molecular weight is 190 g/mol. The number of pyridine rings is 1. The molecule has 2 fully saturated rings. The third-order valence-corrected chi connectivity index (χ3v) is 3.12. The Kier molecular flexibility index (Phi) is 1.59. The van der Waals surface area contributed by atoms with Crippen molar-refractivity contribution in [2.24, 2.45) is 0 Å². The van der Waals surface area contributed by atoms with E-state index in [1.54, 1.807) is 0 Å². The Labute approximate surface area is 83.7 Å². The van der Waals surface area contributed by atoms with E-state index in [0.717, 1.165) is 31.2 Å². The molecule has 2 saturated heterocycles. The van der Waals surface area contributed by atoms with Crippen LogP contribution in [0.3, 0.4) is 0 Å². The molecule has 3 heterocycles. The predicted octanol–water partition coefficient (Wildman–Crippen LogP) is 1.37. The van der Waals surface area contributed by atoms with E-state index in [9.17, 15) is 0 Å². The van der Waals surface area contributed by atoms with Crippen molar-refractivity contribution in [3.05, 3.63) is 23.9 Å². The molecule has 1 aromatic rings. The fourth-order valence-corrected chi connectivity index (χ4v) is 2.16. The van der Waals surface area contributed by atoms with E-state index in [0.29, 0.717) is 0 Å². The summed E-state index contributed by atoms with van der Waals surface area (Å²) in [5.74, 6) is 1.09. The second-order valence-corrected chi connectivity index (χ2v) is 4.27. The summed E-state index contributed by atoms with van der Waals surface area (Å²) in [6.45, 7) is 5.00. The lowest BCUT2D eigenvalue weighted by molar-refractivity contribution is -0.161. The van der Waals surface area contributed by atoms with Crippen LogP contribution in [0.15, 0.2) is 18.2 Å². The lowest BCUT2D eigenvalue weighted by Gasteiger charge is -2.55. The van der Waals surface area contributed by atoms with Crippen LogP contribution in [-0.2, 0) is 4.74 Å². The minimum absolute atomic E-state index is 0.200. The molecule has 3 nitrogen and oxygen atoms in total. The molecule has 0 aliphatic carbocycles. The Morgan fingerprint density at radius 3 is 2.79 bits per heavy atom. The summed E-state index contributed by atoms with van der Waals surface area (Å²) in [6.07, 6.45) is 1.22. The van der Waals surface area contributed by atoms with Gasteiger partial charge in [-0.05, 0) is 19.1 Å². The molecule has 0 N–H and O–H groups in total. The molecule has 14 heavy (non-hydrogen) atoms. The van der Waals surface area contributed by atoms with Crippen molar-refractivity contribution >= 4 is 5.82 Å². The number of aryl methyl sites for hydroxylation is 1. The molecule has 1 aromatic heterocycles. The minimum atomic E-state index is 0.200. The summed E-state index contributed by atoms with van der Waals surface area (Å²) in [4.78, 5) is 6.77. The molecule has 0 unspecified atom stereocenters. The van der Waals surface area contributed by atoms with Crippen molar-refractivity contribution in [1.29, 1.82) is 0 Å². The van der Waals surface area contributed by atoms with Gasteiger partial charge in [0.1, 0.15) is 11.4 Å². The third-order valence-electron chi connectivity index (χ3n) is 3.12. The van der Waals surface area contributed by atoms with Crippen LogP contribution in [0.2, 0.25) is 0 Å². The number of anilines is 1. The minimum Gasteiger partial charge on any atom is -0.371 e. The number of nitrogens with zero attached hydrogens (tertiary/aromatic N) is 2. The van der Waals surface area contributed by atoms with Gasteiger partial charge in [-0.2, -0.15) is 0 Å². The molecule has 0 saturated carbocycles. The molecule has 0 amide bonds. The Bertz CT molecular complexity index is 352. The van der Waals surface area contributed by atoms with Gasteiger partial charge in [0.05, 0.1) is 19.7 Å². The SMILES string of the molecule is Cc1cccc(N2CC3(CCO3)C2)n1. The van der Waals surface area contributed by atoms with Gasteiger partial charge in [-0.15, -0.1) is 0 Å². The Hall–Kier alpha value is -1.09. The molecule has 0 atom stereocenters. The van der Waals surface area contributed by atoms with Gasteiger partial charge in [-0.1, -0.05) is 6.07 Å². The first-order chi connectivity index (χ1) is 6.77. The second-order valence-electron chi connectivity index (χ2n) is 4.27. The molecule has 0 aromatic carbocycles. The number of hydrogen-bond acceptors (Lipinski definition) is 3. The second kappa shape index (κ2) is 2.70. The fraction of sp³-hybridized carbons (Fsp3) is 0.545. The number of hydrogen-bond donors (Lipinski definition) is 0. The normalized spacial score (nSPS) is 23.1. The molecule has 3 rings (SSSR count). The summed E-state index contributed by atoms with van der Waals surface area (Å²) in [7, 11) is 0. The maximum atomic E-state index is 5.57. The van der Waals surface area contributed by atoms with Crippen molar-refractivity contribution < 1.29 is 4.74 Å². The number of rotatable bonds is 1. The zero-order valence-corrected chi connectivity index (χ0v) is 8.36. The van der Waals surface area contributed by atoms with Crippen molar-refractivity contribution in [3.63, 3.8) is 0 Å². The highest BCUT2D eigenvalue weighted by molar-refractivity contribution is 5.45. The van der Waals surface area contributed by atoms with Crippen LogP contribution in [0.25, 0.3) is 0 Å². The summed E-state index contributed by atoms with van der Waals surface area (Å²) in [5, 5.41) is 0. The first-order valence-corrected chi connectivity index (χ1v) is 5.10. The molecule has 74 valence electrons. The van der Waals surface area contributed by atoms with Gasteiger partial charge < -0.3 is 9.64 Å². The first kappa shape index (κ1) is 8.24. The van der Waals surface area contributed by atoms with Crippen molar-refractivity contribution in [3.8, 4) is 0 Å². The van der Waals surface area contributed by atoms with Gasteiger partial charge in [0.15, 0.2) is 0 Å². The van der Waals surface area contributed by atoms with Crippen LogP contribution in [0.4, 0.5) is 5.82 Å². The van der Waals surface area contributed by atoms with Crippen molar-refractivity contribution in [2.75, 3.05) is 24.6 Å². The predicted molar refractivity (Wildman–Crippen MR) is 54.5 cm³/mol. The highest BCUT2D eigenvalue weighted by atomic mass is 16.5. The number of aromatic nitrogens is 1. The Balaban J connectivity index is 1.73. The summed E-state index contributed by atoms with van der Waals surface area (Å²) in [6, 6.07) is 6.15. The molecule has 2 aliphatic rings. The van der Waals surface area contributed by atoms with Crippen molar-refractivity contribution in [2.45, 2.75) is 18.9 Å². The van der Waals surface area contributed by atoms with Crippen LogP contribution in [-0.4, -0.2) is 30.3 Å². The maximum Gasteiger partial charge on any atom is 0.128 e. The highest BCUT2D eigenvalue weighted by Crippen LogP contribution is 2.37. The summed E-state index contributed by atoms with van der Waals surface area (Å²) in [5.41, 5.74) is 1.28. The average Bonchev–Trinajstić information content (AvgIpc) is 1.98. The lowest BCUT2D eigenvalue weighted by Crippen LogP contribution is -2.68. The van der Waals surface area contributed by atoms with E-state index in [1.807, 2.05) is 13.0 Å². The topological polar surface area (TPSA) is 25.4 Å².